The average molecular weight is 282 g/mol. The number of nitrogens with one attached hydrogen (secondary N) is 1. The maximum absolute atomic E-state index is 9.39. The molecule has 0 fully saturated rings. The Kier molecular flexibility index (Phi) is 5.70. The highest BCUT2D eigenvalue weighted by atomic mass is 35.5. The van der Waals surface area contributed by atoms with Gasteiger partial charge in [0.15, 0.2) is 0 Å². The molecule has 0 aliphatic carbocycles. The summed E-state index contributed by atoms with van der Waals surface area (Å²) >= 11 is 0. The lowest BCUT2D eigenvalue weighted by Gasteiger charge is -2.05. The third-order valence-corrected chi connectivity index (χ3v) is 2.79. The van der Waals surface area contributed by atoms with Gasteiger partial charge < -0.3 is 10.4 Å². The van der Waals surface area contributed by atoms with Crippen LogP contribution < -0.4 is 5.32 Å². The Morgan fingerprint density at radius 2 is 2.16 bits per heavy atom. The van der Waals surface area contributed by atoms with Gasteiger partial charge in [-0.1, -0.05) is 19.1 Å². The van der Waals surface area contributed by atoms with Gasteiger partial charge in [0.1, 0.15) is 5.75 Å². The van der Waals surface area contributed by atoms with Crippen molar-refractivity contribution >= 4 is 18.1 Å². The zero-order chi connectivity index (χ0) is 13.0. The van der Waals surface area contributed by atoms with Crippen molar-refractivity contribution in [1.29, 1.82) is 0 Å². The van der Waals surface area contributed by atoms with E-state index in [2.05, 4.69) is 17.3 Å². The fourth-order valence-corrected chi connectivity index (χ4v) is 1.90. The number of hydrogen-bond donors (Lipinski definition) is 2. The van der Waals surface area contributed by atoms with Crippen LogP contribution in [0, 0.1) is 6.92 Å². The normalized spacial score (nSPS) is 10.0. The maximum atomic E-state index is 9.39. The molecule has 0 aliphatic rings. The number of aromatic hydroxyl groups is 1. The Hall–Kier alpha value is -1.68. The summed E-state index contributed by atoms with van der Waals surface area (Å²) in [5.41, 5.74) is 3.10. The van der Waals surface area contributed by atoms with Crippen LogP contribution in [0.15, 0.2) is 30.5 Å². The minimum Gasteiger partial charge on any atom is -0.508 e. The van der Waals surface area contributed by atoms with Crippen LogP contribution in [0.25, 0.3) is 0 Å². The van der Waals surface area contributed by atoms with E-state index < -0.39 is 0 Å². The largest absolute Gasteiger partial charge is 0.508 e. The van der Waals surface area contributed by atoms with Crippen LogP contribution in [0.3, 0.4) is 0 Å². The topological polar surface area (TPSA) is 50.1 Å². The van der Waals surface area contributed by atoms with E-state index in [0.717, 1.165) is 29.9 Å². The van der Waals surface area contributed by atoms with Gasteiger partial charge in [-0.05, 0) is 31.0 Å². The van der Waals surface area contributed by atoms with E-state index in [4.69, 9.17) is 0 Å². The molecule has 0 spiro atoms. The zero-order valence-electron chi connectivity index (χ0n) is 11.3. The van der Waals surface area contributed by atoms with Crippen molar-refractivity contribution in [2.75, 3.05) is 5.32 Å². The van der Waals surface area contributed by atoms with Crippen molar-refractivity contribution in [3.8, 4) is 5.75 Å². The number of hydrogen-bond acceptors (Lipinski definition) is 3. The number of nitrogens with zero attached hydrogens (tertiary/aromatic N) is 2. The van der Waals surface area contributed by atoms with Gasteiger partial charge in [0.2, 0.25) is 0 Å². The minimum atomic E-state index is 0. The Bertz CT molecular complexity index is 525. The fourth-order valence-electron chi connectivity index (χ4n) is 1.90. The third kappa shape index (κ3) is 4.17. The first-order chi connectivity index (χ1) is 8.69. The smallest absolute Gasteiger partial charge is 0.115 e. The molecule has 4 nitrogen and oxygen atoms in total. The van der Waals surface area contributed by atoms with Crippen molar-refractivity contribution in [3.63, 3.8) is 0 Å². The zero-order valence-corrected chi connectivity index (χ0v) is 12.1. The Balaban J connectivity index is 0.00000180. The highest BCUT2D eigenvalue weighted by molar-refractivity contribution is 5.85. The van der Waals surface area contributed by atoms with E-state index in [-0.39, 0.29) is 12.4 Å². The second-order valence-electron chi connectivity index (χ2n) is 4.41. The van der Waals surface area contributed by atoms with Gasteiger partial charge in [-0.15, -0.1) is 12.4 Å². The van der Waals surface area contributed by atoms with Crippen LogP contribution in [0.2, 0.25) is 0 Å². The van der Waals surface area contributed by atoms with Crippen molar-refractivity contribution in [1.82, 2.24) is 9.78 Å². The number of rotatable bonds is 5. The molecule has 2 aromatic rings. The Morgan fingerprint density at radius 3 is 2.84 bits per heavy atom. The highest BCUT2D eigenvalue weighted by Gasteiger charge is 2.04. The molecule has 1 aromatic heterocycles. The lowest BCUT2D eigenvalue weighted by molar-refractivity contribution is 0.474. The van der Waals surface area contributed by atoms with Gasteiger partial charge in [0.05, 0.1) is 11.4 Å². The molecule has 1 aromatic carbocycles. The summed E-state index contributed by atoms with van der Waals surface area (Å²) in [6, 6.07) is 7.27. The molecule has 5 heteroatoms. The van der Waals surface area contributed by atoms with Crippen molar-refractivity contribution in [3.05, 3.63) is 41.7 Å². The number of halogens is 1. The first kappa shape index (κ1) is 15.4. The van der Waals surface area contributed by atoms with Crippen LogP contribution in [0.1, 0.15) is 24.6 Å². The number of benzene rings is 1. The van der Waals surface area contributed by atoms with Crippen LogP contribution in [-0.4, -0.2) is 14.9 Å². The lowest BCUT2D eigenvalue weighted by atomic mass is 10.2. The molecule has 2 rings (SSSR count). The number of phenols is 1. The molecule has 19 heavy (non-hydrogen) atoms. The number of aromatic nitrogens is 2. The monoisotopic (exact) mass is 281 g/mol. The molecule has 2 N–H and O–H groups in total. The number of phenolic OH excluding ortho intramolecular Hbond substituents is 1. The third-order valence-electron chi connectivity index (χ3n) is 2.79. The highest BCUT2D eigenvalue weighted by Crippen LogP contribution is 2.16. The van der Waals surface area contributed by atoms with E-state index in [9.17, 15) is 5.11 Å². The molecular weight excluding hydrogens is 262 g/mol. The van der Waals surface area contributed by atoms with Gasteiger partial charge in [-0.2, -0.15) is 5.10 Å². The van der Waals surface area contributed by atoms with Crippen LogP contribution in [0.5, 0.6) is 5.75 Å². The molecule has 0 unspecified atom stereocenters. The van der Waals surface area contributed by atoms with Crippen molar-refractivity contribution in [2.24, 2.45) is 0 Å². The van der Waals surface area contributed by atoms with E-state index in [1.807, 2.05) is 29.9 Å². The molecule has 0 aliphatic heterocycles. The van der Waals surface area contributed by atoms with Gasteiger partial charge in [-0.3, -0.25) is 4.68 Å². The summed E-state index contributed by atoms with van der Waals surface area (Å²) in [6.45, 7) is 5.76. The van der Waals surface area contributed by atoms with Gasteiger partial charge in [0, 0.05) is 19.3 Å². The number of anilines is 1. The van der Waals surface area contributed by atoms with Crippen molar-refractivity contribution < 1.29 is 5.11 Å². The Morgan fingerprint density at radius 1 is 1.37 bits per heavy atom. The lowest BCUT2D eigenvalue weighted by Crippen LogP contribution is -1.99. The fraction of sp³-hybridized carbons (Fsp3) is 0.357. The standard InChI is InChI=1S/C14H19N3O.ClH/c1-3-7-17-10-14(11(2)16-17)15-9-12-5-4-6-13(18)8-12;/h4-6,8,10,15,18H,3,7,9H2,1-2H3;1H. The second-order valence-corrected chi connectivity index (χ2v) is 4.41. The molecule has 1 heterocycles. The first-order valence-electron chi connectivity index (χ1n) is 6.25. The predicted octanol–water partition coefficient (Wildman–Crippen LogP) is 3.34. The summed E-state index contributed by atoms with van der Waals surface area (Å²) in [5.74, 6) is 0.299. The second kappa shape index (κ2) is 7.04. The molecule has 0 radical (unpaired) electrons. The summed E-state index contributed by atoms with van der Waals surface area (Å²) in [4.78, 5) is 0. The molecule has 0 saturated carbocycles. The minimum absolute atomic E-state index is 0. The van der Waals surface area contributed by atoms with Gasteiger partial charge in [0.25, 0.3) is 0 Å². The summed E-state index contributed by atoms with van der Waals surface area (Å²) < 4.78 is 1.96. The quantitative estimate of drug-likeness (QED) is 0.884. The van der Waals surface area contributed by atoms with E-state index >= 15 is 0 Å². The summed E-state index contributed by atoms with van der Waals surface area (Å²) in [7, 11) is 0. The van der Waals surface area contributed by atoms with E-state index in [0.29, 0.717) is 12.3 Å². The SMILES string of the molecule is CCCn1cc(NCc2cccc(O)c2)c(C)n1.Cl. The van der Waals surface area contributed by atoms with E-state index in [1.54, 1.807) is 12.1 Å². The van der Waals surface area contributed by atoms with Gasteiger partial charge in [-0.25, -0.2) is 0 Å². The van der Waals surface area contributed by atoms with E-state index in [1.165, 1.54) is 0 Å². The molecule has 0 saturated heterocycles. The number of aryl methyl sites for hydroxylation is 2. The molecular formula is C14H20ClN3O. The van der Waals surface area contributed by atoms with Crippen LogP contribution >= 0.6 is 12.4 Å². The van der Waals surface area contributed by atoms with Crippen LogP contribution in [-0.2, 0) is 13.1 Å². The summed E-state index contributed by atoms with van der Waals surface area (Å²) in [5, 5.41) is 17.2. The van der Waals surface area contributed by atoms with Gasteiger partial charge >= 0.3 is 0 Å². The maximum Gasteiger partial charge on any atom is 0.115 e. The predicted molar refractivity (Wildman–Crippen MR) is 79.9 cm³/mol. The molecule has 0 bridgehead atoms. The summed E-state index contributed by atoms with van der Waals surface area (Å²) in [6.07, 6.45) is 3.11. The van der Waals surface area contributed by atoms with Crippen molar-refractivity contribution in [2.45, 2.75) is 33.4 Å². The molecule has 104 valence electrons. The molecule has 0 amide bonds. The Labute approximate surface area is 119 Å². The average Bonchev–Trinajstić information content (AvgIpc) is 2.68. The molecule has 0 atom stereocenters. The first-order valence-corrected chi connectivity index (χ1v) is 6.25. The van der Waals surface area contributed by atoms with Crippen LogP contribution in [0.4, 0.5) is 5.69 Å².